The van der Waals surface area contributed by atoms with Crippen molar-refractivity contribution in [2.45, 2.75) is 31.8 Å². The van der Waals surface area contributed by atoms with E-state index in [1.54, 1.807) is 0 Å². The predicted octanol–water partition coefficient (Wildman–Crippen LogP) is 3.10. The van der Waals surface area contributed by atoms with Crippen molar-refractivity contribution in [2.24, 2.45) is 5.92 Å². The second-order valence-corrected chi connectivity index (χ2v) is 8.73. The van der Waals surface area contributed by atoms with Gasteiger partial charge < -0.3 is 15.0 Å². The van der Waals surface area contributed by atoms with E-state index in [4.69, 9.17) is 9.84 Å². The number of esters is 1. The molecule has 4 heterocycles. The zero-order valence-electron chi connectivity index (χ0n) is 18.1. The lowest BCUT2D eigenvalue weighted by molar-refractivity contribution is 0.0603. The van der Waals surface area contributed by atoms with Gasteiger partial charge in [-0.3, -0.25) is 4.68 Å². The zero-order valence-corrected chi connectivity index (χ0v) is 18.1. The number of rotatable bonds is 7. The summed E-state index contributed by atoms with van der Waals surface area (Å²) in [6.07, 6.45) is 3.40. The molecule has 0 amide bonds. The van der Waals surface area contributed by atoms with Crippen LogP contribution in [0.25, 0.3) is 10.9 Å². The first kappa shape index (κ1) is 20.2. The largest absolute Gasteiger partial charge is 0.465 e. The molecule has 1 aromatic heterocycles. The Bertz CT molecular complexity index is 1050. The van der Waals surface area contributed by atoms with Gasteiger partial charge in [-0.2, -0.15) is 5.10 Å². The van der Waals surface area contributed by atoms with Gasteiger partial charge in [-0.25, -0.2) is 4.79 Å². The van der Waals surface area contributed by atoms with Crippen LogP contribution in [0.1, 0.15) is 34.5 Å². The number of nitrogens with one attached hydrogen (secondary N) is 1. The summed E-state index contributed by atoms with van der Waals surface area (Å²) in [6.45, 7) is 5.19. The third kappa shape index (κ3) is 4.10. The van der Waals surface area contributed by atoms with Gasteiger partial charge in [0.05, 0.1) is 30.4 Å². The van der Waals surface area contributed by atoms with E-state index in [1.165, 1.54) is 38.6 Å². The molecule has 6 heteroatoms. The Morgan fingerprint density at radius 3 is 2.65 bits per heavy atom. The summed E-state index contributed by atoms with van der Waals surface area (Å²) in [6, 6.07) is 16.7. The molecule has 1 N–H and O–H groups in total. The molecule has 3 aliphatic rings. The van der Waals surface area contributed by atoms with Crippen molar-refractivity contribution in [1.29, 1.82) is 0 Å². The average Bonchev–Trinajstić information content (AvgIpc) is 3.17. The maximum absolute atomic E-state index is 12.5. The van der Waals surface area contributed by atoms with Gasteiger partial charge in [0.25, 0.3) is 0 Å². The number of hydrogen-bond acceptors (Lipinski definition) is 5. The van der Waals surface area contributed by atoms with Crippen molar-refractivity contribution in [3.8, 4) is 0 Å². The summed E-state index contributed by atoms with van der Waals surface area (Å²) in [5.74, 6) is 0.486. The van der Waals surface area contributed by atoms with Crippen LogP contribution in [0.2, 0.25) is 0 Å². The minimum Gasteiger partial charge on any atom is -0.465 e. The summed E-state index contributed by atoms with van der Waals surface area (Å²) in [5.41, 5.74) is 3.72. The fourth-order valence-corrected chi connectivity index (χ4v) is 5.21. The van der Waals surface area contributed by atoms with Crippen LogP contribution < -0.4 is 5.32 Å². The SMILES string of the molecule is COC(=O)c1cccc2c1c(CCN[C@H]1CN3CCC1CC3)nn2Cc1ccccc1. The van der Waals surface area contributed by atoms with Gasteiger partial charge in [-0.1, -0.05) is 36.4 Å². The Morgan fingerprint density at radius 2 is 1.94 bits per heavy atom. The van der Waals surface area contributed by atoms with Gasteiger partial charge in [0.2, 0.25) is 0 Å². The standard InChI is InChI=1S/C25H30N4O2/c1-31-25(30)20-8-5-9-23-24(20)21(27-29(23)16-18-6-3-2-4-7-18)10-13-26-22-17-28-14-11-19(22)12-15-28/h2-9,19,22,26H,10-17H2,1H3/t22-/m0/s1. The third-order valence-electron chi connectivity index (χ3n) is 6.86. The number of carbonyl (C=O) groups excluding carboxylic acids is 1. The summed E-state index contributed by atoms with van der Waals surface area (Å²) < 4.78 is 7.08. The van der Waals surface area contributed by atoms with Crippen LogP contribution in [0.4, 0.5) is 0 Å². The van der Waals surface area contributed by atoms with Crippen molar-refractivity contribution in [3.05, 3.63) is 65.4 Å². The van der Waals surface area contributed by atoms with E-state index in [9.17, 15) is 4.79 Å². The van der Waals surface area contributed by atoms with Crippen LogP contribution in [-0.4, -0.2) is 60.0 Å². The molecule has 0 aliphatic carbocycles. The van der Waals surface area contributed by atoms with E-state index in [0.29, 0.717) is 18.2 Å². The van der Waals surface area contributed by atoms with E-state index in [2.05, 4.69) is 22.3 Å². The molecule has 2 bridgehead atoms. The maximum atomic E-state index is 12.5. The Hall–Kier alpha value is -2.70. The van der Waals surface area contributed by atoms with Crippen molar-refractivity contribution in [2.75, 3.05) is 33.3 Å². The molecule has 1 atom stereocenters. The Morgan fingerprint density at radius 1 is 1.13 bits per heavy atom. The molecular formula is C25H30N4O2. The van der Waals surface area contributed by atoms with Crippen LogP contribution in [-0.2, 0) is 17.7 Å². The average molecular weight is 419 g/mol. The number of hydrogen-bond donors (Lipinski definition) is 1. The van der Waals surface area contributed by atoms with Gasteiger partial charge in [-0.15, -0.1) is 0 Å². The van der Waals surface area contributed by atoms with Crippen LogP contribution in [0.15, 0.2) is 48.5 Å². The number of aromatic nitrogens is 2. The fraction of sp³-hybridized carbons (Fsp3) is 0.440. The van der Waals surface area contributed by atoms with Gasteiger partial charge in [-0.05, 0) is 49.5 Å². The molecule has 2 aromatic carbocycles. The molecule has 31 heavy (non-hydrogen) atoms. The van der Waals surface area contributed by atoms with Gasteiger partial charge >= 0.3 is 5.97 Å². The lowest BCUT2D eigenvalue weighted by Crippen LogP contribution is -2.56. The first-order valence-corrected chi connectivity index (χ1v) is 11.3. The van der Waals surface area contributed by atoms with E-state index in [-0.39, 0.29) is 5.97 Å². The number of carbonyl (C=O) groups is 1. The minimum absolute atomic E-state index is 0.309. The Balaban J connectivity index is 1.41. The first-order valence-electron chi connectivity index (χ1n) is 11.3. The Labute approximate surface area is 183 Å². The topological polar surface area (TPSA) is 59.4 Å². The summed E-state index contributed by atoms with van der Waals surface area (Å²) in [7, 11) is 1.43. The molecule has 3 fully saturated rings. The van der Waals surface area contributed by atoms with E-state index >= 15 is 0 Å². The highest BCUT2D eigenvalue weighted by Crippen LogP contribution is 2.28. The monoisotopic (exact) mass is 418 g/mol. The molecule has 3 aliphatic heterocycles. The molecule has 0 saturated carbocycles. The number of methoxy groups -OCH3 is 1. The van der Waals surface area contributed by atoms with Crippen LogP contribution in [0.3, 0.4) is 0 Å². The lowest BCUT2D eigenvalue weighted by Gasteiger charge is -2.45. The van der Waals surface area contributed by atoms with Gasteiger partial charge in [0, 0.05) is 30.9 Å². The Kier molecular flexibility index (Phi) is 5.74. The van der Waals surface area contributed by atoms with Crippen LogP contribution in [0.5, 0.6) is 0 Å². The molecule has 0 radical (unpaired) electrons. The highest BCUT2D eigenvalue weighted by molar-refractivity contribution is 6.04. The molecule has 162 valence electrons. The number of benzene rings is 2. The highest BCUT2D eigenvalue weighted by atomic mass is 16.5. The number of piperidine rings is 3. The van der Waals surface area contributed by atoms with Crippen molar-refractivity contribution in [1.82, 2.24) is 20.0 Å². The van der Waals surface area contributed by atoms with Crippen molar-refractivity contribution < 1.29 is 9.53 Å². The molecule has 6 nitrogen and oxygen atoms in total. The molecule has 3 saturated heterocycles. The van der Waals surface area contributed by atoms with Crippen LogP contribution in [0, 0.1) is 5.92 Å². The molecule has 0 spiro atoms. The van der Waals surface area contributed by atoms with Crippen molar-refractivity contribution >= 4 is 16.9 Å². The van der Waals surface area contributed by atoms with Gasteiger partial charge in [0.1, 0.15) is 0 Å². The molecule has 3 aromatic rings. The summed E-state index contributed by atoms with van der Waals surface area (Å²) in [4.78, 5) is 15.0. The third-order valence-corrected chi connectivity index (χ3v) is 6.86. The highest BCUT2D eigenvalue weighted by Gasteiger charge is 2.33. The van der Waals surface area contributed by atoms with Crippen molar-refractivity contribution in [3.63, 3.8) is 0 Å². The molecule has 0 unspecified atom stereocenters. The second-order valence-electron chi connectivity index (χ2n) is 8.73. The maximum Gasteiger partial charge on any atom is 0.338 e. The lowest BCUT2D eigenvalue weighted by atomic mass is 9.84. The van der Waals surface area contributed by atoms with E-state index in [0.717, 1.165) is 42.0 Å². The normalized spacial score (nSPS) is 22.7. The smallest absolute Gasteiger partial charge is 0.338 e. The molecule has 6 rings (SSSR count). The van der Waals surface area contributed by atoms with E-state index in [1.807, 2.05) is 41.1 Å². The predicted molar refractivity (Wildman–Crippen MR) is 121 cm³/mol. The fourth-order valence-electron chi connectivity index (χ4n) is 5.21. The summed E-state index contributed by atoms with van der Waals surface area (Å²) >= 11 is 0. The molecular weight excluding hydrogens is 388 g/mol. The second kappa shape index (κ2) is 8.81. The van der Waals surface area contributed by atoms with Gasteiger partial charge in [0.15, 0.2) is 0 Å². The first-order chi connectivity index (χ1) is 15.2. The quantitative estimate of drug-likeness (QED) is 0.598. The van der Waals surface area contributed by atoms with Crippen LogP contribution >= 0.6 is 0 Å². The minimum atomic E-state index is -0.309. The number of ether oxygens (including phenoxy) is 1. The number of nitrogens with zero attached hydrogens (tertiary/aromatic N) is 3. The number of fused-ring (bicyclic) bond motifs is 4. The summed E-state index contributed by atoms with van der Waals surface area (Å²) in [5, 5.41) is 9.65. The van der Waals surface area contributed by atoms with E-state index < -0.39 is 0 Å². The zero-order chi connectivity index (χ0) is 21.2.